The standard InChI is InChI=1S/C29H23BrO/c1-2-25-19-12-13-20-26(25)27-21-15-22-28(29(27)30)31-23-14-7-5-3-4-6-9-16-24-17-10-8-11-18-24/h1,8,10-13,15,17-22H,3-6,23H2. The van der Waals surface area contributed by atoms with Gasteiger partial charge in [-0.3, -0.25) is 0 Å². The predicted octanol–water partition coefficient (Wildman–Crippen LogP) is 7.09. The van der Waals surface area contributed by atoms with E-state index in [1.54, 1.807) is 0 Å². The molecule has 2 heteroatoms. The number of terminal acetylenes is 1. The Labute approximate surface area is 194 Å². The lowest BCUT2D eigenvalue weighted by atomic mass is 10.00. The summed E-state index contributed by atoms with van der Waals surface area (Å²) in [5.41, 5.74) is 3.94. The zero-order valence-corrected chi connectivity index (χ0v) is 18.9. The summed E-state index contributed by atoms with van der Waals surface area (Å²) in [6.07, 6.45) is 9.49. The fraction of sp³-hybridized carbons (Fsp3) is 0.172. The van der Waals surface area contributed by atoms with Crippen molar-refractivity contribution in [3.05, 3.63) is 88.4 Å². The zero-order chi connectivity index (χ0) is 21.7. The molecule has 3 aromatic carbocycles. The fourth-order valence-corrected chi connectivity index (χ4v) is 3.63. The Morgan fingerprint density at radius 1 is 0.742 bits per heavy atom. The Balaban J connectivity index is 1.45. The Hall–Kier alpha value is -3.38. The van der Waals surface area contributed by atoms with E-state index in [0.717, 1.165) is 58.2 Å². The maximum Gasteiger partial charge on any atom is 0.149 e. The number of benzene rings is 3. The van der Waals surface area contributed by atoms with Crippen LogP contribution in [0, 0.1) is 36.0 Å². The van der Waals surface area contributed by atoms with Crippen molar-refractivity contribution < 1.29 is 4.74 Å². The van der Waals surface area contributed by atoms with Gasteiger partial charge in [-0.25, -0.2) is 0 Å². The third-order valence-electron chi connectivity index (χ3n) is 4.62. The first-order chi connectivity index (χ1) is 15.3. The molecule has 0 heterocycles. The molecule has 0 atom stereocenters. The molecule has 0 aliphatic carbocycles. The minimum Gasteiger partial charge on any atom is -0.480 e. The van der Waals surface area contributed by atoms with Gasteiger partial charge in [-0.1, -0.05) is 78.1 Å². The number of hydrogen-bond acceptors (Lipinski definition) is 1. The van der Waals surface area contributed by atoms with Crippen LogP contribution >= 0.6 is 15.9 Å². The van der Waals surface area contributed by atoms with Crippen molar-refractivity contribution in [2.24, 2.45) is 0 Å². The first kappa shape index (κ1) is 22.3. The van der Waals surface area contributed by atoms with Gasteiger partial charge in [-0.2, -0.15) is 0 Å². The van der Waals surface area contributed by atoms with Crippen LogP contribution in [0.25, 0.3) is 11.1 Å². The molecule has 3 rings (SSSR count). The van der Waals surface area contributed by atoms with E-state index in [4.69, 9.17) is 11.2 Å². The van der Waals surface area contributed by atoms with Crippen molar-refractivity contribution in [3.8, 4) is 52.9 Å². The second kappa shape index (κ2) is 12.3. The molecule has 0 aliphatic heterocycles. The molecule has 0 bridgehead atoms. The van der Waals surface area contributed by atoms with Gasteiger partial charge in [0.1, 0.15) is 12.4 Å². The highest BCUT2D eigenvalue weighted by molar-refractivity contribution is 9.10. The molecule has 3 aromatic rings. The Morgan fingerprint density at radius 3 is 2.26 bits per heavy atom. The van der Waals surface area contributed by atoms with E-state index in [-0.39, 0.29) is 0 Å². The van der Waals surface area contributed by atoms with Crippen LogP contribution < -0.4 is 4.74 Å². The lowest BCUT2D eigenvalue weighted by molar-refractivity contribution is 0.368. The van der Waals surface area contributed by atoms with Crippen LogP contribution in [0.15, 0.2) is 77.3 Å². The predicted molar refractivity (Wildman–Crippen MR) is 133 cm³/mol. The van der Waals surface area contributed by atoms with E-state index >= 15 is 0 Å². The van der Waals surface area contributed by atoms with Crippen molar-refractivity contribution in [1.29, 1.82) is 0 Å². The summed E-state index contributed by atoms with van der Waals surface area (Å²) in [6.45, 7) is 0.354. The molecule has 0 saturated carbocycles. The van der Waals surface area contributed by atoms with Crippen molar-refractivity contribution in [2.75, 3.05) is 6.61 Å². The monoisotopic (exact) mass is 466 g/mol. The van der Waals surface area contributed by atoms with E-state index in [1.165, 1.54) is 0 Å². The van der Waals surface area contributed by atoms with Gasteiger partial charge in [0.05, 0.1) is 4.47 Å². The zero-order valence-electron chi connectivity index (χ0n) is 17.3. The van der Waals surface area contributed by atoms with Crippen LogP contribution in [0.3, 0.4) is 0 Å². The van der Waals surface area contributed by atoms with Crippen LogP contribution in [-0.4, -0.2) is 6.61 Å². The third kappa shape index (κ3) is 6.83. The summed E-state index contributed by atoms with van der Waals surface area (Å²) in [5.74, 6) is 16.2. The fourth-order valence-electron chi connectivity index (χ4n) is 3.04. The SMILES string of the molecule is C#Cc1ccccc1-c1cccc(OCC#CCCCCC#Cc2ccccc2)c1Br. The maximum atomic E-state index is 5.87. The lowest BCUT2D eigenvalue weighted by Gasteiger charge is -2.11. The number of rotatable bonds is 6. The molecule has 0 radical (unpaired) electrons. The smallest absolute Gasteiger partial charge is 0.149 e. The van der Waals surface area contributed by atoms with Gasteiger partial charge in [0.25, 0.3) is 0 Å². The third-order valence-corrected chi connectivity index (χ3v) is 5.44. The van der Waals surface area contributed by atoms with E-state index in [9.17, 15) is 0 Å². The molecule has 0 spiro atoms. The lowest BCUT2D eigenvalue weighted by Crippen LogP contribution is -1.96. The van der Waals surface area contributed by atoms with Crippen LogP contribution in [0.5, 0.6) is 5.75 Å². The maximum absolute atomic E-state index is 5.87. The quantitative estimate of drug-likeness (QED) is 0.278. The van der Waals surface area contributed by atoms with Gasteiger partial charge in [-0.15, -0.1) is 6.42 Å². The molecule has 0 fully saturated rings. The Bertz CT molecular complexity index is 1160. The molecule has 152 valence electrons. The van der Waals surface area contributed by atoms with Crippen molar-refractivity contribution in [1.82, 2.24) is 0 Å². The molecule has 0 saturated heterocycles. The van der Waals surface area contributed by atoms with E-state index in [1.807, 2.05) is 72.8 Å². The summed E-state index contributed by atoms with van der Waals surface area (Å²) in [6, 6.07) is 23.9. The van der Waals surface area contributed by atoms with Crippen molar-refractivity contribution >= 4 is 15.9 Å². The van der Waals surface area contributed by atoms with Gasteiger partial charge >= 0.3 is 0 Å². The molecule has 0 amide bonds. The highest BCUT2D eigenvalue weighted by Crippen LogP contribution is 2.36. The van der Waals surface area contributed by atoms with Gasteiger partial charge in [-0.05, 0) is 58.6 Å². The van der Waals surface area contributed by atoms with Gasteiger partial charge < -0.3 is 4.74 Å². The molecule has 31 heavy (non-hydrogen) atoms. The summed E-state index contributed by atoms with van der Waals surface area (Å²) in [7, 11) is 0. The minimum atomic E-state index is 0.354. The van der Waals surface area contributed by atoms with Crippen LogP contribution in [0.4, 0.5) is 0 Å². The minimum absolute atomic E-state index is 0.354. The second-order valence-electron chi connectivity index (χ2n) is 6.82. The summed E-state index contributed by atoms with van der Waals surface area (Å²) < 4.78 is 6.76. The Morgan fingerprint density at radius 2 is 1.45 bits per heavy atom. The number of unbranched alkanes of at least 4 members (excludes halogenated alkanes) is 3. The Kier molecular flexibility index (Phi) is 8.88. The topological polar surface area (TPSA) is 9.23 Å². The van der Waals surface area contributed by atoms with Gasteiger partial charge in [0, 0.05) is 29.5 Å². The summed E-state index contributed by atoms with van der Waals surface area (Å²) >= 11 is 3.66. The largest absolute Gasteiger partial charge is 0.480 e. The number of ether oxygens (including phenoxy) is 1. The highest BCUT2D eigenvalue weighted by Gasteiger charge is 2.10. The van der Waals surface area contributed by atoms with Crippen molar-refractivity contribution in [2.45, 2.75) is 25.7 Å². The molecule has 0 aliphatic rings. The number of halogens is 1. The van der Waals surface area contributed by atoms with Crippen LogP contribution in [0.1, 0.15) is 36.8 Å². The van der Waals surface area contributed by atoms with E-state index in [2.05, 4.69) is 45.5 Å². The second-order valence-corrected chi connectivity index (χ2v) is 7.62. The molecule has 0 aromatic heterocycles. The average Bonchev–Trinajstić information content (AvgIpc) is 2.82. The van der Waals surface area contributed by atoms with Gasteiger partial charge in [0.15, 0.2) is 0 Å². The first-order valence-electron chi connectivity index (χ1n) is 10.3. The normalized spacial score (nSPS) is 9.55. The van der Waals surface area contributed by atoms with E-state index < -0.39 is 0 Å². The first-order valence-corrected chi connectivity index (χ1v) is 11.1. The van der Waals surface area contributed by atoms with Crippen LogP contribution in [-0.2, 0) is 0 Å². The number of hydrogen-bond donors (Lipinski definition) is 0. The van der Waals surface area contributed by atoms with Crippen LogP contribution in [0.2, 0.25) is 0 Å². The van der Waals surface area contributed by atoms with Gasteiger partial charge in [0.2, 0.25) is 0 Å². The van der Waals surface area contributed by atoms with E-state index in [0.29, 0.717) is 6.61 Å². The van der Waals surface area contributed by atoms with Crippen molar-refractivity contribution in [3.63, 3.8) is 0 Å². The molecule has 1 nitrogen and oxygen atoms in total. The molecular weight excluding hydrogens is 444 g/mol. The molecule has 0 unspecified atom stereocenters. The summed E-state index contributed by atoms with van der Waals surface area (Å²) in [4.78, 5) is 0. The average molecular weight is 467 g/mol. The molecule has 0 N–H and O–H groups in total. The summed E-state index contributed by atoms with van der Waals surface area (Å²) in [5, 5.41) is 0. The highest BCUT2D eigenvalue weighted by atomic mass is 79.9. The molecular formula is C29H23BrO.